The number of carbonyl (C=O) groups is 1. The molecule has 0 atom stereocenters. The molecule has 3 nitrogen and oxygen atoms in total. The molecule has 1 aliphatic heterocycles. The van der Waals surface area contributed by atoms with Gasteiger partial charge in [-0.05, 0) is 36.6 Å². The van der Waals surface area contributed by atoms with Gasteiger partial charge >= 0.3 is 0 Å². The molecule has 1 amide bonds. The zero-order chi connectivity index (χ0) is 12.3. The van der Waals surface area contributed by atoms with Crippen molar-refractivity contribution in [3.63, 3.8) is 0 Å². The highest BCUT2D eigenvalue weighted by Crippen LogP contribution is 2.32. The van der Waals surface area contributed by atoms with Crippen LogP contribution in [0, 0.1) is 0 Å². The lowest BCUT2D eigenvalue weighted by Crippen LogP contribution is -2.25. The maximum atomic E-state index is 11.4. The average molecular weight is 251 g/mol. The van der Waals surface area contributed by atoms with Gasteiger partial charge in [-0.1, -0.05) is 0 Å². The van der Waals surface area contributed by atoms with E-state index in [0.717, 1.165) is 30.8 Å². The van der Waals surface area contributed by atoms with E-state index in [1.54, 1.807) is 18.7 Å². The summed E-state index contributed by atoms with van der Waals surface area (Å²) >= 11 is 1.76. The number of anilines is 1. The molecule has 1 N–H and O–H groups in total. The number of rotatable bonds is 4. The highest BCUT2D eigenvalue weighted by molar-refractivity contribution is 7.99. The van der Waals surface area contributed by atoms with Gasteiger partial charge in [0, 0.05) is 36.4 Å². The van der Waals surface area contributed by atoms with Gasteiger partial charge in [-0.15, -0.1) is 11.8 Å². The summed E-state index contributed by atoms with van der Waals surface area (Å²) in [6.45, 7) is 2.66. The molecule has 17 heavy (non-hydrogen) atoms. The summed E-state index contributed by atoms with van der Waals surface area (Å²) in [6, 6.07) is 6.26. The first kappa shape index (κ1) is 12.5. The Bertz CT molecular complexity index is 420. The molecule has 0 aliphatic carbocycles. The van der Waals surface area contributed by atoms with Crippen LogP contribution in [0.1, 0.15) is 18.9 Å². The summed E-state index contributed by atoms with van der Waals surface area (Å²) < 4.78 is 0. The SMILES string of the molecule is CC(=O)N1CCc2cc(SCCCO)ccc21. The van der Waals surface area contributed by atoms with Gasteiger partial charge in [0.1, 0.15) is 0 Å². The van der Waals surface area contributed by atoms with E-state index in [1.807, 2.05) is 11.0 Å². The summed E-state index contributed by atoms with van der Waals surface area (Å²) in [7, 11) is 0. The second-order valence-corrected chi connectivity index (χ2v) is 5.31. The number of aliphatic hydroxyl groups is 1. The highest BCUT2D eigenvalue weighted by Gasteiger charge is 2.21. The number of hydrogen-bond acceptors (Lipinski definition) is 3. The van der Waals surface area contributed by atoms with E-state index in [1.165, 1.54) is 10.5 Å². The summed E-state index contributed by atoms with van der Waals surface area (Å²) in [5.74, 6) is 1.05. The van der Waals surface area contributed by atoms with Crippen LogP contribution >= 0.6 is 11.8 Å². The molecule has 1 heterocycles. The molecule has 0 bridgehead atoms. The highest BCUT2D eigenvalue weighted by atomic mass is 32.2. The van der Waals surface area contributed by atoms with Crippen molar-refractivity contribution in [2.75, 3.05) is 23.8 Å². The number of fused-ring (bicyclic) bond motifs is 1. The topological polar surface area (TPSA) is 40.5 Å². The van der Waals surface area contributed by atoms with E-state index in [0.29, 0.717) is 0 Å². The molecule has 0 aromatic heterocycles. The van der Waals surface area contributed by atoms with Gasteiger partial charge in [0.2, 0.25) is 5.91 Å². The first-order valence-corrected chi connectivity index (χ1v) is 6.85. The second kappa shape index (κ2) is 5.56. The Morgan fingerprint density at radius 3 is 3.06 bits per heavy atom. The third-order valence-electron chi connectivity index (χ3n) is 2.90. The summed E-state index contributed by atoms with van der Waals surface area (Å²) in [4.78, 5) is 14.5. The van der Waals surface area contributed by atoms with Gasteiger partial charge in [-0.25, -0.2) is 0 Å². The Hall–Kier alpha value is -1.00. The maximum absolute atomic E-state index is 11.4. The molecule has 4 heteroatoms. The van der Waals surface area contributed by atoms with Crippen LogP contribution in [0.25, 0.3) is 0 Å². The molecule has 0 spiro atoms. The van der Waals surface area contributed by atoms with Crippen molar-refractivity contribution in [1.29, 1.82) is 0 Å². The number of benzene rings is 1. The Balaban J connectivity index is 2.08. The maximum Gasteiger partial charge on any atom is 0.223 e. The minimum absolute atomic E-state index is 0.115. The molecule has 2 rings (SSSR count). The lowest BCUT2D eigenvalue weighted by Gasteiger charge is -2.14. The molecule has 0 saturated carbocycles. The molecule has 0 radical (unpaired) electrons. The lowest BCUT2D eigenvalue weighted by atomic mass is 10.2. The monoisotopic (exact) mass is 251 g/mol. The van der Waals surface area contributed by atoms with Crippen LogP contribution in [-0.2, 0) is 11.2 Å². The summed E-state index contributed by atoms with van der Waals surface area (Å²) in [5.41, 5.74) is 2.32. The van der Waals surface area contributed by atoms with Gasteiger partial charge in [-0.3, -0.25) is 4.79 Å². The standard InChI is InChI=1S/C13H17NO2S/c1-10(16)14-6-5-11-9-12(3-4-13(11)14)17-8-2-7-15/h3-4,9,15H,2,5-8H2,1H3. The minimum atomic E-state index is 0.115. The Kier molecular flexibility index (Phi) is 4.07. The normalized spacial score (nSPS) is 13.9. The fraction of sp³-hybridized carbons (Fsp3) is 0.462. The van der Waals surface area contributed by atoms with Crippen molar-refractivity contribution in [2.24, 2.45) is 0 Å². The fourth-order valence-electron chi connectivity index (χ4n) is 2.05. The molecule has 1 aliphatic rings. The summed E-state index contributed by atoms with van der Waals surface area (Å²) in [6.07, 6.45) is 1.77. The van der Waals surface area contributed by atoms with E-state index < -0.39 is 0 Å². The second-order valence-electron chi connectivity index (χ2n) is 4.14. The van der Waals surface area contributed by atoms with Crippen molar-refractivity contribution >= 4 is 23.4 Å². The third-order valence-corrected chi connectivity index (χ3v) is 3.98. The van der Waals surface area contributed by atoms with Crippen molar-refractivity contribution in [1.82, 2.24) is 0 Å². The number of hydrogen-bond donors (Lipinski definition) is 1. The van der Waals surface area contributed by atoms with Crippen molar-refractivity contribution < 1.29 is 9.90 Å². The smallest absolute Gasteiger partial charge is 0.223 e. The average Bonchev–Trinajstić information content (AvgIpc) is 2.72. The van der Waals surface area contributed by atoms with E-state index in [9.17, 15) is 4.79 Å². The van der Waals surface area contributed by atoms with Gasteiger partial charge in [0.05, 0.1) is 0 Å². The quantitative estimate of drug-likeness (QED) is 0.658. The number of aliphatic hydroxyl groups excluding tert-OH is 1. The Morgan fingerprint density at radius 1 is 1.53 bits per heavy atom. The van der Waals surface area contributed by atoms with Crippen LogP contribution in [-0.4, -0.2) is 29.9 Å². The lowest BCUT2D eigenvalue weighted by molar-refractivity contribution is -0.116. The van der Waals surface area contributed by atoms with Gasteiger partial charge in [0.25, 0.3) is 0 Å². The van der Waals surface area contributed by atoms with E-state index in [-0.39, 0.29) is 12.5 Å². The summed E-state index contributed by atoms with van der Waals surface area (Å²) in [5, 5.41) is 8.74. The molecular formula is C13H17NO2S. The Morgan fingerprint density at radius 2 is 2.35 bits per heavy atom. The number of amides is 1. The predicted molar refractivity (Wildman–Crippen MR) is 70.6 cm³/mol. The van der Waals surface area contributed by atoms with Crippen LogP contribution in [0.2, 0.25) is 0 Å². The number of carbonyl (C=O) groups excluding carboxylic acids is 1. The fourth-order valence-corrected chi connectivity index (χ4v) is 2.95. The van der Waals surface area contributed by atoms with E-state index in [4.69, 9.17) is 5.11 Å². The van der Waals surface area contributed by atoms with Crippen molar-refractivity contribution in [3.8, 4) is 0 Å². The minimum Gasteiger partial charge on any atom is -0.396 e. The van der Waals surface area contributed by atoms with Crippen LogP contribution < -0.4 is 4.90 Å². The first-order valence-electron chi connectivity index (χ1n) is 5.87. The third kappa shape index (κ3) is 2.82. The zero-order valence-electron chi connectivity index (χ0n) is 9.98. The molecule has 92 valence electrons. The zero-order valence-corrected chi connectivity index (χ0v) is 10.8. The van der Waals surface area contributed by atoms with Crippen LogP contribution in [0.4, 0.5) is 5.69 Å². The number of nitrogens with zero attached hydrogens (tertiary/aromatic N) is 1. The van der Waals surface area contributed by atoms with E-state index in [2.05, 4.69) is 12.1 Å². The Labute approximate surface area is 106 Å². The van der Waals surface area contributed by atoms with Gasteiger partial charge in [-0.2, -0.15) is 0 Å². The van der Waals surface area contributed by atoms with E-state index >= 15 is 0 Å². The predicted octanol–water partition coefficient (Wildman–Crippen LogP) is 2.07. The molecule has 1 aromatic rings. The first-order chi connectivity index (χ1) is 8.22. The molecule has 0 unspecified atom stereocenters. The number of thioether (sulfide) groups is 1. The largest absolute Gasteiger partial charge is 0.396 e. The van der Waals surface area contributed by atoms with Crippen LogP contribution in [0.15, 0.2) is 23.1 Å². The molecule has 0 fully saturated rings. The van der Waals surface area contributed by atoms with Crippen molar-refractivity contribution in [3.05, 3.63) is 23.8 Å². The molecular weight excluding hydrogens is 234 g/mol. The van der Waals surface area contributed by atoms with Gasteiger partial charge in [0.15, 0.2) is 0 Å². The van der Waals surface area contributed by atoms with Crippen LogP contribution in [0.5, 0.6) is 0 Å². The van der Waals surface area contributed by atoms with Crippen molar-refractivity contribution in [2.45, 2.75) is 24.7 Å². The molecule has 1 aromatic carbocycles. The van der Waals surface area contributed by atoms with Gasteiger partial charge < -0.3 is 10.0 Å². The van der Waals surface area contributed by atoms with Crippen LogP contribution in [0.3, 0.4) is 0 Å². The molecule has 0 saturated heterocycles.